The number of rotatable bonds is 4. The predicted molar refractivity (Wildman–Crippen MR) is 92.4 cm³/mol. The van der Waals surface area contributed by atoms with Gasteiger partial charge in [-0.2, -0.15) is 0 Å². The van der Waals surface area contributed by atoms with Gasteiger partial charge < -0.3 is 15.1 Å². The minimum absolute atomic E-state index is 0.470. The van der Waals surface area contributed by atoms with E-state index in [1.807, 2.05) is 30.5 Å². The molecule has 25 heavy (non-hydrogen) atoms. The molecule has 0 saturated heterocycles. The van der Waals surface area contributed by atoms with Gasteiger partial charge in [-0.15, -0.1) is 10.2 Å². The van der Waals surface area contributed by atoms with E-state index in [2.05, 4.69) is 30.8 Å². The molecular formula is C18H18N6O. The molecule has 0 unspecified atom stereocenters. The molecule has 0 bridgehead atoms. The van der Waals surface area contributed by atoms with Crippen molar-refractivity contribution in [2.75, 3.05) is 11.9 Å². The van der Waals surface area contributed by atoms with Gasteiger partial charge in [-0.05, 0) is 55.6 Å². The molecule has 0 atom stereocenters. The fourth-order valence-corrected chi connectivity index (χ4v) is 2.97. The topological polar surface area (TPSA) is 88.8 Å². The molecule has 126 valence electrons. The van der Waals surface area contributed by atoms with Gasteiger partial charge in [0.25, 0.3) is 0 Å². The van der Waals surface area contributed by atoms with Crippen molar-refractivity contribution in [3.8, 4) is 11.5 Å². The lowest BCUT2D eigenvalue weighted by atomic mass is 10.1. The lowest BCUT2D eigenvalue weighted by Gasteiger charge is -2.16. The first-order chi connectivity index (χ1) is 12.3. The SMILES string of the molecule is c1cc(-c2nnc(C3CC3)o2)ccc1Nc1ncc2c(n1)CNCC2. The summed E-state index contributed by atoms with van der Waals surface area (Å²) >= 11 is 0. The third-order valence-corrected chi connectivity index (χ3v) is 4.57. The second-order valence-electron chi connectivity index (χ2n) is 6.51. The highest BCUT2D eigenvalue weighted by atomic mass is 16.4. The number of nitrogens with zero attached hydrogens (tertiary/aromatic N) is 4. The van der Waals surface area contributed by atoms with Crippen LogP contribution in [0, 0.1) is 0 Å². The molecule has 2 N–H and O–H groups in total. The summed E-state index contributed by atoms with van der Waals surface area (Å²) in [4.78, 5) is 9.00. The van der Waals surface area contributed by atoms with Gasteiger partial charge in [-0.3, -0.25) is 0 Å². The van der Waals surface area contributed by atoms with Crippen molar-refractivity contribution in [3.63, 3.8) is 0 Å². The molecule has 7 heteroatoms. The number of hydrogen-bond donors (Lipinski definition) is 2. The zero-order chi connectivity index (χ0) is 16.6. The number of fused-ring (bicyclic) bond motifs is 1. The van der Waals surface area contributed by atoms with E-state index >= 15 is 0 Å². The molecule has 2 aromatic heterocycles. The highest BCUT2D eigenvalue weighted by molar-refractivity contribution is 5.61. The van der Waals surface area contributed by atoms with Crippen LogP contribution in [0.25, 0.3) is 11.5 Å². The zero-order valence-electron chi connectivity index (χ0n) is 13.7. The first-order valence-corrected chi connectivity index (χ1v) is 8.61. The minimum atomic E-state index is 0.470. The fraction of sp³-hybridized carbons (Fsp3) is 0.333. The first kappa shape index (κ1) is 14.5. The first-order valence-electron chi connectivity index (χ1n) is 8.61. The van der Waals surface area contributed by atoms with Gasteiger partial charge in [-0.1, -0.05) is 0 Å². The van der Waals surface area contributed by atoms with Gasteiger partial charge in [-0.25, -0.2) is 9.97 Å². The highest BCUT2D eigenvalue weighted by Crippen LogP contribution is 2.40. The Morgan fingerprint density at radius 3 is 2.84 bits per heavy atom. The minimum Gasteiger partial charge on any atom is -0.420 e. The number of aromatic nitrogens is 4. The zero-order valence-corrected chi connectivity index (χ0v) is 13.7. The van der Waals surface area contributed by atoms with Crippen molar-refractivity contribution in [2.45, 2.75) is 31.7 Å². The lowest BCUT2D eigenvalue weighted by Crippen LogP contribution is -2.25. The smallest absolute Gasteiger partial charge is 0.247 e. The van der Waals surface area contributed by atoms with Gasteiger partial charge in [0, 0.05) is 29.9 Å². The molecule has 1 fully saturated rings. The molecule has 3 aromatic rings. The third kappa shape index (κ3) is 2.98. The molecule has 0 radical (unpaired) electrons. The van der Waals surface area contributed by atoms with Gasteiger partial charge in [0.05, 0.1) is 5.69 Å². The summed E-state index contributed by atoms with van der Waals surface area (Å²) in [5.41, 5.74) is 4.14. The Kier molecular flexibility index (Phi) is 3.45. The van der Waals surface area contributed by atoms with Crippen molar-refractivity contribution in [3.05, 3.63) is 47.6 Å². The van der Waals surface area contributed by atoms with Crippen LogP contribution in [-0.2, 0) is 13.0 Å². The average Bonchev–Trinajstić information content (AvgIpc) is 3.39. The molecule has 7 nitrogen and oxygen atoms in total. The van der Waals surface area contributed by atoms with Crippen LogP contribution in [-0.4, -0.2) is 26.7 Å². The van der Waals surface area contributed by atoms with Gasteiger partial charge >= 0.3 is 0 Å². The molecule has 1 aliphatic carbocycles. The van der Waals surface area contributed by atoms with E-state index in [0.717, 1.165) is 55.2 Å². The number of benzene rings is 1. The standard InChI is InChI=1S/C18H18N6O/c1-2-11(1)16-23-24-17(25-16)12-3-5-14(6-4-12)21-18-20-9-13-7-8-19-10-15(13)22-18/h3-6,9,11,19H,1-2,7-8,10H2,(H,20,21,22). The largest absolute Gasteiger partial charge is 0.420 e. The van der Waals surface area contributed by atoms with Crippen LogP contribution in [0.15, 0.2) is 34.9 Å². The van der Waals surface area contributed by atoms with Crippen LogP contribution >= 0.6 is 0 Å². The van der Waals surface area contributed by atoms with Crippen molar-refractivity contribution >= 4 is 11.6 Å². The van der Waals surface area contributed by atoms with Crippen molar-refractivity contribution in [1.82, 2.24) is 25.5 Å². The van der Waals surface area contributed by atoms with E-state index in [1.54, 1.807) is 0 Å². The Hall–Kier alpha value is -2.80. The monoisotopic (exact) mass is 334 g/mol. The Labute approximate surface area is 144 Å². The summed E-state index contributed by atoms with van der Waals surface area (Å²) in [5, 5.41) is 14.8. The maximum atomic E-state index is 5.74. The summed E-state index contributed by atoms with van der Waals surface area (Å²) in [5.74, 6) is 2.42. The van der Waals surface area contributed by atoms with Crippen molar-refractivity contribution in [2.24, 2.45) is 0 Å². The van der Waals surface area contributed by atoms with Crippen LogP contribution in [0.4, 0.5) is 11.6 Å². The Morgan fingerprint density at radius 1 is 1.12 bits per heavy atom. The lowest BCUT2D eigenvalue weighted by molar-refractivity contribution is 0.508. The van der Waals surface area contributed by atoms with E-state index in [1.165, 1.54) is 5.56 Å². The molecule has 2 aliphatic rings. The molecule has 1 aliphatic heterocycles. The number of anilines is 2. The predicted octanol–water partition coefficient (Wildman–Crippen LogP) is 2.79. The quantitative estimate of drug-likeness (QED) is 0.758. The van der Waals surface area contributed by atoms with E-state index in [0.29, 0.717) is 17.8 Å². The van der Waals surface area contributed by atoms with Gasteiger partial charge in [0.15, 0.2) is 0 Å². The van der Waals surface area contributed by atoms with Gasteiger partial charge in [0.2, 0.25) is 17.7 Å². The Morgan fingerprint density at radius 2 is 2.00 bits per heavy atom. The highest BCUT2D eigenvalue weighted by Gasteiger charge is 2.29. The number of hydrogen-bond acceptors (Lipinski definition) is 7. The van der Waals surface area contributed by atoms with Crippen LogP contribution < -0.4 is 10.6 Å². The van der Waals surface area contributed by atoms with Crippen LogP contribution in [0.1, 0.15) is 35.9 Å². The van der Waals surface area contributed by atoms with E-state index in [9.17, 15) is 0 Å². The molecule has 1 saturated carbocycles. The Bertz CT molecular complexity index is 900. The third-order valence-electron chi connectivity index (χ3n) is 4.57. The normalized spacial score (nSPS) is 16.5. The van der Waals surface area contributed by atoms with Crippen molar-refractivity contribution in [1.29, 1.82) is 0 Å². The molecule has 0 spiro atoms. The summed E-state index contributed by atoms with van der Waals surface area (Å²) in [6.45, 7) is 1.79. The van der Waals surface area contributed by atoms with E-state index in [4.69, 9.17) is 4.42 Å². The van der Waals surface area contributed by atoms with E-state index in [-0.39, 0.29) is 0 Å². The summed E-state index contributed by atoms with van der Waals surface area (Å²) in [7, 11) is 0. The molecule has 3 heterocycles. The second kappa shape index (κ2) is 5.93. The van der Waals surface area contributed by atoms with Crippen LogP contribution in [0.3, 0.4) is 0 Å². The maximum absolute atomic E-state index is 5.74. The average molecular weight is 334 g/mol. The molecule has 5 rings (SSSR count). The van der Waals surface area contributed by atoms with Gasteiger partial charge in [0.1, 0.15) is 0 Å². The summed E-state index contributed by atoms with van der Waals surface area (Å²) < 4.78 is 5.74. The van der Waals surface area contributed by atoms with Crippen LogP contribution in [0.2, 0.25) is 0 Å². The molecular weight excluding hydrogens is 316 g/mol. The van der Waals surface area contributed by atoms with E-state index < -0.39 is 0 Å². The number of nitrogens with one attached hydrogen (secondary N) is 2. The second-order valence-corrected chi connectivity index (χ2v) is 6.51. The fourth-order valence-electron chi connectivity index (χ4n) is 2.97. The van der Waals surface area contributed by atoms with Crippen molar-refractivity contribution < 1.29 is 4.42 Å². The maximum Gasteiger partial charge on any atom is 0.247 e. The molecule has 1 aromatic carbocycles. The summed E-state index contributed by atoms with van der Waals surface area (Å²) in [6, 6.07) is 7.87. The Balaban J connectivity index is 1.33. The summed E-state index contributed by atoms with van der Waals surface area (Å²) in [6.07, 6.45) is 5.20. The van der Waals surface area contributed by atoms with Crippen LogP contribution in [0.5, 0.6) is 0 Å². The molecule has 0 amide bonds.